The van der Waals surface area contributed by atoms with Crippen LogP contribution in [0.2, 0.25) is 0 Å². The lowest BCUT2D eigenvalue weighted by Gasteiger charge is -2.13. The summed E-state index contributed by atoms with van der Waals surface area (Å²) >= 11 is 6.68. The number of alkyl halides is 1. The van der Waals surface area contributed by atoms with Gasteiger partial charge in [-0.1, -0.05) is 45.2 Å². The van der Waals surface area contributed by atoms with E-state index in [1.54, 1.807) is 24.3 Å². The highest BCUT2D eigenvalue weighted by atomic mass is 79.9. The smallest absolute Gasteiger partial charge is 0.178 e. The topological polar surface area (TPSA) is 34.1 Å². The first kappa shape index (κ1) is 15.2. The van der Waals surface area contributed by atoms with Gasteiger partial charge in [0.05, 0.1) is 10.6 Å². The molecule has 0 heterocycles. The Morgan fingerprint density at radius 1 is 1.24 bits per heavy atom. The molecule has 17 heavy (non-hydrogen) atoms. The zero-order chi connectivity index (χ0) is 12.9. The molecule has 0 amide bonds. The Morgan fingerprint density at radius 3 is 2.29 bits per heavy atom. The first-order valence-corrected chi connectivity index (χ1v) is 9.10. The molecule has 0 saturated carbocycles. The minimum Gasteiger partial charge on any atom is -0.224 e. The predicted octanol–water partition coefficient (Wildman–Crippen LogP) is 4.03. The molecule has 0 aliphatic carbocycles. The van der Waals surface area contributed by atoms with Crippen LogP contribution in [0.15, 0.2) is 33.6 Å². The Bertz CT molecular complexity index is 440. The van der Waals surface area contributed by atoms with E-state index < -0.39 is 9.84 Å². The first-order valence-electron chi connectivity index (χ1n) is 5.54. The van der Waals surface area contributed by atoms with Crippen molar-refractivity contribution in [3.8, 4) is 0 Å². The molecule has 0 aromatic heterocycles. The summed E-state index contributed by atoms with van der Waals surface area (Å²) < 4.78 is 25.2. The van der Waals surface area contributed by atoms with Crippen molar-refractivity contribution >= 4 is 41.7 Å². The van der Waals surface area contributed by atoms with Gasteiger partial charge in [0.2, 0.25) is 0 Å². The van der Waals surface area contributed by atoms with E-state index in [1.165, 1.54) is 0 Å². The molecule has 1 aromatic rings. The Hall–Kier alpha value is 0.130. The first-order chi connectivity index (χ1) is 7.99. The average molecular weight is 384 g/mol. The molecule has 1 unspecified atom stereocenters. The van der Waals surface area contributed by atoms with Crippen LogP contribution in [0.5, 0.6) is 0 Å². The molecule has 0 fully saturated rings. The van der Waals surface area contributed by atoms with Gasteiger partial charge >= 0.3 is 0 Å². The molecule has 1 rings (SSSR count). The van der Waals surface area contributed by atoms with E-state index in [9.17, 15) is 8.42 Å². The maximum absolute atomic E-state index is 12.2. The van der Waals surface area contributed by atoms with Crippen LogP contribution in [-0.4, -0.2) is 19.5 Å². The van der Waals surface area contributed by atoms with E-state index in [-0.39, 0.29) is 11.7 Å². The van der Waals surface area contributed by atoms with E-state index in [4.69, 9.17) is 0 Å². The number of hydrogen-bond acceptors (Lipinski definition) is 2. The molecule has 0 bridgehead atoms. The summed E-state index contributed by atoms with van der Waals surface area (Å²) in [5.74, 6) is 0.405. The summed E-state index contributed by atoms with van der Waals surface area (Å²) in [6.45, 7) is 2.07. The highest BCUT2D eigenvalue weighted by Crippen LogP contribution is 2.20. The van der Waals surface area contributed by atoms with E-state index in [0.717, 1.165) is 22.6 Å². The van der Waals surface area contributed by atoms with Gasteiger partial charge in [-0.3, -0.25) is 0 Å². The molecule has 0 aliphatic rings. The molecule has 2 nitrogen and oxygen atoms in total. The lowest BCUT2D eigenvalue weighted by atomic mass is 10.1. The van der Waals surface area contributed by atoms with Gasteiger partial charge in [0.1, 0.15) is 0 Å². The summed E-state index contributed by atoms with van der Waals surface area (Å²) in [6, 6.07) is 6.82. The number of halogens is 2. The zero-order valence-corrected chi connectivity index (χ0v) is 13.7. The summed E-state index contributed by atoms with van der Waals surface area (Å²) in [7, 11) is -3.16. The SMILES string of the molecule is CCCC(CBr)CS(=O)(=O)c1ccc(Br)cc1. The molecule has 1 atom stereocenters. The van der Waals surface area contributed by atoms with Crippen LogP contribution in [-0.2, 0) is 9.84 Å². The zero-order valence-electron chi connectivity index (χ0n) is 9.70. The van der Waals surface area contributed by atoms with Crippen molar-refractivity contribution in [1.29, 1.82) is 0 Å². The summed E-state index contributed by atoms with van der Waals surface area (Å²) in [6.07, 6.45) is 1.94. The van der Waals surface area contributed by atoms with Gasteiger partial charge in [0, 0.05) is 9.80 Å². The van der Waals surface area contributed by atoms with Crippen molar-refractivity contribution in [2.24, 2.45) is 5.92 Å². The number of rotatable bonds is 6. The maximum Gasteiger partial charge on any atom is 0.178 e. The quantitative estimate of drug-likeness (QED) is 0.694. The van der Waals surface area contributed by atoms with Crippen LogP contribution >= 0.6 is 31.9 Å². The molecule has 0 aliphatic heterocycles. The Labute approximate surface area is 120 Å². The molecular formula is C12H16Br2O2S. The van der Waals surface area contributed by atoms with Gasteiger partial charge in [-0.15, -0.1) is 0 Å². The highest BCUT2D eigenvalue weighted by Gasteiger charge is 2.19. The summed E-state index contributed by atoms with van der Waals surface area (Å²) in [5, 5.41) is 0.733. The third kappa shape index (κ3) is 4.72. The van der Waals surface area contributed by atoms with Crippen LogP contribution in [0.1, 0.15) is 19.8 Å². The predicted molar refractivity (Wildman–Crippen MR) is 78.4 cm³/mol. The van der Waals surface area contributed by atoms with E-state index in [2.05, 4.69) is 38.8 Å². The van der Waals surface area contributed by atoms with Crippen LogP contribution in [0.25, 0.3) is 0 Å². The second-order valence-corrected chi connectivity index (χ2v) is 7.64. The fourth-order valence-electron chi connectivity index (χ4n) is 1.66. The van der Waals surface area contributed by atoms with Gasteiger partial charge in [-0.25, -0.2) is 8.42 Å². The molecule has 96 valence electrons. The van der Waals surface area contributed by atoms with Crippen molar-refractivity contribution in [2.45, 2.75) is 24.7 Å². The van der Waals surface area contributed by atoms with Gasteiger partial charge in [-0.2, -0.15) is 0 Å². The van der Waals surface area contributed by atoms with E-state index in [1.807, 2.05) is 0 Å². The summed E-state index contributed by atoms with van der Waals surface area (Å²) in [4.78, 5) is 0.405. The minimum absolute atomic E-state index is 0.189. The molecule has 0 spiro atoms. The Morgan fingerprint density at radius 2 is 1.82 bits per heavy atom. The van der Waals surface area contributed by atoms with Crippen LogP contribution in [0.4, 0.5) is 0 Å². The van der Waals surface area contributed by atoms with Crippen molar-refractivity contribution in [1.82, 2.24) is 0 Å². The maximum atomic E-state index is 12.2. The van der Waals surface area contributed by atoms with Gasteiger partial charge in [0.15, 0.2) is 9.84 Å². The van der Waals surface area contributed by atoms with Gasteiger partial charge in [0.25, 0.3) is 0 Å². The Kier molecular flexibility index (Phi) is 6.17. The molecule has 5 heteroatoms. The number of benzene rings is 1. The second kappa shape index (κ2) is 6.90. The fraction of sp³-hybridized carbons (Fsp3) is 0.500. The van der Waals surface area contributed by atoms with Crippen molar-refractivity contribution in [3.63, 3.8) is 0 Å². The minimum atomic E-state index is -3.16. The average Bonchev–Trinajstić information content (AvgIpc) is 2.28. The molecule has 0 radical (unpaired) electrons. The van der Waals surface area contributed by atoms with Crippen LogP contribution in [0.3, 0.4) is 0 Å². The molecule has 1 aromatic carbocycles. The van der Waals surface area contributed by atoms with E-state index >= 15 is 0 Å². The third-order valence-electron chi connectivity index (χ3n) is 2.54. The van der Waals surface area contributed by atoms with Crippen LogP contribution in [0, 0.1) is 5.92 Å². The lowest BCUT2D eigenvalue weighted by molar-refractivity contribution is 0.552. The fourth-order valence-corrected chi connectivity index (χ4v) is 4.43. The summed E-state index contributed by atoms with van der Waals surface area (Å²) in [5.41, 5.74) is 0. The van der Waals surface area contributed by atoms with Crippen molar-refractivity contribution in [3.05, 3.63) is 28.7 Å². The van der Waals surface area contributed by atoms with Crippen LogP contribution < -0.4 is 0 Å². The molecule has 0 saturated heterocycles. The largest absolute Gasteiger partial charge is 0.224 e. The highest BCUT2D eigenvalue weighted by molar-refractivity contribution is 9.10. The van der Waals surface area contributed by atoms with Crippen molar-refractivity contribution < 1.29 is 8.42 Å². The number of sulfone groups is 1. The molecule has 0 N–H and O–H groups in total. The monoisotopic (exact) mass is 382 g/mol. The Balaban J connectivity index is 2.84. The number of hydrogen-bond donors (Lipinski definition) is 0. The van der Waals surface area contributed by atoms with Gasteiger partial charge < -0.3 is 0 Å². The van der Waals surface area contributed by atoms with Gasteiger partial charge in [-0.05, 0) is 36.6 Å². The van der Waals surface area contributed by atoms with E-state index in [0.29, 0.717) is 4.90 Å². The molecular weight excluding hydrogens is 368 g/mol. The normalized spacial score (nSPS) is 13.6. The standard InChI is InChI=1S/C12H16Br2O2S/c1-2-3-10(8-13)9-17(15,16)12-6-4-11(14)5-7-12/h4-7,10H,2-3,8-9H2,1H3. The third-order valence-corrected chi connectivity index (χ3v) is 5.89. The lowest BCUT2D eigenvalue weighted by Crippen LogP contribution is -2.17. The van der Waals surface area contributed by atoms with Crippen molar-refractivity contribution in [2.75, 3.05) is 11.1 Å². The second-order valence-electron chi connectivity index (χ2n) is 4.04.